The molecule has 0 aliphatic carbocycles. The zero-order chi connectivity index (χ0) is 15.1. The summed E-state index contributed by atoms with van der Waals surface area (Å²) in [4.78, 5) is 2.54. The molecule has 0 bridgehead atoms. The number of ether oxygens (including phenoxy) is 3. The Morgan fingerprint density at radius 1 is 0.952 bits per heavy atom. The third-order valence-electron chi connectivity index (χ3n) is 3.10. The van der Waals surface area contributed by atoms with Crippen LogP contribution in [0.4, 0.5) is 0 Å². The van der Waals surface area contributed by atoms with E-state index in [1.54, 1.807) is 32.7 Å². The molecule has 0 atom stereocenters. The van der Waals surface area contributed by atoms with Gasteiger partial charge in [0.15, 0.2) is 11.5 Å². The van der Waals surface area contributed by atoms with E-state index in [0.29, 0.717) is 6.61 Å². The summed E-state index contributed by atoms with van der Waals surface area (Å²) in [6.07, 6.45) is 0. The Labute approximate surface area is 129 Å². The van der Waals surface area contributed by atoms with Crippen LogP contribution in [0.15, 0.2) is 30.3 Å². The number of hydrogen-bond donors (Lipinski definition) is 1. The quantitative estimate of drug-likeness (QED) is 0.813. The van der Waals surface area contributed by atoms with E-state index in [4.69, 9.17) is 14.2 Å². The monoisotopic (exact) mass is 307 g/mol. The van der Waals surface area contributed by atoms with Gasteiger partial charge >= 0.3 is 0 Å². The molecule has 0 aliphatic rings. The fraction of sp³-hybridized carbons (Fsp3) is 0.375. The first kappa shape index (κ1) is 15.8. The molecule has 114 valence electrons. The zero-order valence-corrected chi connectivity index (χ0v) is 13.5. The number of rotatable bonds is 8. The first-order valence-corrected chi connectivity index (χ1v) is 7.57. The molecule has 0 spiro atoms. The number of methoxy groups -OCH3 is 3. The van der Waals surface area contributed by atoms with E-state index in [0.717, 1.165) is 30.2 Å². The van der Waals surface area contributed by atoms with E-state index in [1.165, 1.54) is 9.75 Å². The van der Waals surface area contributed by atoms with Crippen molar-refractivity contribution in [2.75, 3.05) is 21.3 Å². The number of benzene rings is 1. The minimum atomic E-state index is 0.675. The second-order valence-corrected chi connectivity index (χ2v) is 5.81. The summed E-state index contributed by atoms with van der Waals surface area (Å²) < 4.78 is 15.9. The molecule has 0 amide bonds. The van der Waals surface area contributed by atoms with Crippen LogP contribution < -0.4 is 14.8 Å². The topological polar surface area (TPSA) is 39.7 Å². The van der Waals surface area contributed by atoms with E-state index in [-0.39, 0.29) is 0 Å². The van der Waals surface area contributed by atoms with Gasteiger partial charge in [0.05, 0.1) is 20.8 Å². The molecule has 5 heteroatoms. The Bertz CT molecular complexity index is 568. The summed E-state index contributed by atoms with van der Waals surface area (Å²) in [5.74, 6) is 1.55. The normalized spacial score (nSPS) is 10.6. The molecule has 4 nitrogen and oxygen atoms in total. The fourth-order valence-electron chi connectivity index (χ4n) is 2.15. The van der Waals surface area contributed by atoms with Crippen LogP contribution in [0.5, 0.6) is 11.5 Å². The number of nitrogens with one attached hydrogen (secondary N) is 1. The number of para-hydroxylation sites is 1. The summed E-state index contributed by atoms with van der Waals surface area (Å²) in [6.45, 7) is 2.24. The van der Waals surface area contributed by atoms with E-state index in [9.17, 15) is 0 Å². The molecule has 1 aromatic carbocycles. The Kier molecular flexibility index (Phi) is 6.04. The first-order valence-electron chi connectivity index (χ1n) is 6.75. The van der Waals surface area contributed by atoms with Crippen LogP contribution in [0.1, 0.15) is 15.3 Å². The van der Waals surface area contributed by atoms with Crippen LogP contribution in [0.2, 0.25) is 0 Å². The summed E-state index contributed by atoms with van der Waals surface area (Å²) in [6, 6.07) is 10.2. The van der Waals surface area contributed by atoms with Crippen LogP contribution >= 0.6 is 11.3 Å². The SMILES string of the molecule is COCc1ccc(CNCc2cccc(OC)c2OC)s1. The van der Waals surface area contributed by atoms with Gasteiger partial charge in [0.2, 0.25) is 0 Å². The van der Waals surface area contributed by atoms with Gasteiger partial charge in [-0.05, 0) is 18.2 Å². The lowest BCUT2D eigenvalue weighted by Crippen LogP contribution is -2.12. The molecule has 0 saturated carbocycles. The minimum Gasteiger partial charge on any atom is -0.493 e. The molecule has 0 saturated heterocycles. The van der Waals surface area contributed by atoms with Gasteiger partial charge in [-0.25, -0.2) is 0 Å². The van der Waals surface area contributed by atoms with Crippen molar-refractivity contribution in [3.05, 3.63) is 45.6 Å². The molecule has 0 unspecified atom stereocenters. The van der Waals surface area contributed by atoms with E-state index >= 15 is 0 Å². The summed E-state index contributed by atoms with van der Waals surface area (Å²) in [7, 11) is 5.03. The van der Waals surface area contributed by atoms with Crippen LogP contribution in [0.3, 0.4) is 0 Å². The van der Waals surface area contributed by atoms with Gasteiger partial charge in [-0.3, -0.25) is 0 Å². The summed E-state index contributed by atoms with van der Waals surface area (Å²) in [5, 5.41) is 3.43. The predicted molar refractivity (Wildman–Crippen MR) is 85.1 cm³/mol. The van der Waals surface area contributed by atoms with Crippen molar-refractivity contribution in [1.29, 1.82) is 0 Å². The average molecular weight is 307 g/mol. The van der Waals surface area contributed by atoms with Crippen molar-refractivity contribution in [1.82, 2.24) is 5.32 Å². The van der Waals surface area contributed by atoms with Crippen molar-refractivity contribution in [2.24, 2.45) is 0 Å². The second kappa shape index (κ2) is 8.02. The molecule has 0 fully saturated rings. The van der Waals surface area contributed by atoms with Gasteiger partial charge in [0, 0.05) is 35.5 Å². The van der Waals surface area contributed by atoms with Gasteiger partial charge in [0.1, 0.15) is 0 Å². The largest absolute Gasteiger partial charge is 0.493 e. The van der Waals surface area contributed by atoms with Crippen LogP contribution in [0, 0.1) is 0 Å². The van der Waals surface area contributed by atoms with Gasteiger partial charge in [-0.2, -0.15) is 0 Å². The van der Waals surface area contributed by atoms with Gasteiger partial charge < -0.3 is 19.5 Å². The maximum atomic E-state index is 5.43. The third kappa shape index (κ3) is 4.20. The molecular formula is C16H21NO3S. The van der Waals surface area contributed by atoms with Gasteiger partial charge in [-0.1, -0.05) is 12.1 Å². The minimum absolute atomic E-state index is 0.675. The van der Waals surface area contributed by atoms with E-state index in [1.807, 2.05) is 18.2 Å². The molecule has 0 radical (unpaired) electrons. The Balaban J connectivity index is 1.93. The maximum absolute atomic E-state index is 5.43. The number of hydrogen-bond acceptors (Lipinski definition) is 5. The second-order valence-electron chi connectivity index (χ2n) is 4.56. The molecule has 21 heavy (non-hydrogen) atoms. The van der Waals surface area contributed by atoms with Crippen molar-refractivity contribution in [3.63, 3.8) is 0 Å². The average Bonchev–Trinajstić information content (AvgIpc) is 2.95. The zero-order valence-electron chi connectivity index (χ0n) is 12.6. The Morgan fingerprint density at radius 3 is 2.48 bits per heavy atom. The van der Waals surface area contributed by atoms with Gasteiger partial charge in [-0.15, -0.1) is 11.3 Å². The molecular weight excluding hydrogens is 286 g/mol. The van der Waals surface area contributed by atoms with Crippen molar-refractivity contribution in [3.8, 4) is 11.5 Å². The van der Waals surface area contributed by atoms with Crippen molar-refractivity contribution in [2.45, 2.75) is 19.7 Å². The molecule has 2 rings (SSSR count). The highest BCUT2D eigenvalue weighted by atomic mass is 32.1. The van der Waals surface area contributed by atoms with Crippen LogP contribution in [-0.4, -0.2) is 21.3 Å². The summed E-state index contributed by atoms with van der Waals surface area (Å²) >= 11 is 1.77. The Morgan fingerprint density at radius 2 is 1.76 bits per heavy atom. The standard InChI is InChI=1S/C16H21NO3S/c1-18-11-14-8-7-13(21-14)10-17-9-12-5-4-6-15(19-2)16(12)20-3/h4-8,17H,9-11H2,1-3H3. The highest BCUT2D eigenvalue weighted by molar-refractivity contribution is 7.11. The first-order chi connectivity index (χ1) is 10.3. The summed E-state index contributed by atoms with van der Waals surface area (Å²) in [5.41, 5.74) is 1.09. The fourth-order valence-corrected chi connectivity index (χ4v) is 3.11. The highest BCUT2D eigenvalue weighted by Crippen LogP contribution is 2.30. The van der Waals surface area contributed by atoms with E-state index in [2.05, 4.69) is 17.4 Å². The maximum Gasteiger partial charge on any atom is 0.165 e. The smallest absolute Gasteiger partial charge is 0.165 e. The van der Waals surface area contributed by atoms with Crippen molar-refractivity contribution >= 4 is 11.3 Å². The van der Waals surface area contributed by atoms with Crippen LogP contribution in [-0.2, 0) is 24.4 Å². The number of thiophene rings is 1. The highest BCUT2D eigenvalue weighted by Gasteiger charge is 2.09. The molecule has 0 aliphatic heterocycles. The van der Waals surface area contributed by atoms with Crippen LogP contribution in [0.25, 0.3) is 0 Å². The van der Waals surface area contributed by atoms with Crippen molar-refractivity contribution < 1.29 is 14.2 Å². The lowest BCUT2D eigenvalue weighted by molar-refractivity contribution is 0.187. The predicted octanol–water partition coefficient (Wildman–Crippen LogP) is 3.20. The molecule has 1 heterocycles. The lowest BCUT2D eigenvalue weighted by atomic mass is 10.2. The lowest BCUT2D eigenvalue weighted by Gasteiger charge is -2.12. The van der Waals surface area contributed by atoms with Gasteiger partial charge in [0.25, 0.3) is 0 Å². The van der Waals surface area contributed by atoms with E-state index < -0.39 is 0 Å². The Hall–Kier alpha value is -1.56. The molecule has 1 N–H and O–H groups in total. The molecule has 2 aromatic rings. The molecule has 1 aromatic heterocycles. The third-order valence-corrected chi connectivity index (χ3v) is 4.16.